The van der Waals surface area contributed by atoms with Crippen LogP contribution in [0.25, 0.3) is 11.8 Å². The molecule has 4 heterocycles. The third kappa shape index (κ3) is 3.60. The van der Waals surface area contributed by atoms with E-state index in [0.717, 1.165) is 28.4 Å². The lowest BCUT2D eigenvalue weighted by atomic mass is 10.1. The van der Waals surface area contributed by atoms with E-state index in [-0.39, 0.29) is 11.4 Å². The van der Waals surface area contributed by atoms with Crippen LogP contribution in [0.5, 0.6) is 5.75 Å². The van der Waals surface area contributed by atoms with Gasteiger partial charge in [0.15, 0.2) is 16.6 Å². The topological polar surface area (TPSA) is 96.2 Å². The summed E-state index contributed by atoms with van der Waals surface area (Å²) in [5.41, 5.74) is 3.85. The average molecular weight is 460 g/mol. The normalized spacial score (nSPS) is 16.8. The summed E-state index contributed by atoms with van der Waals surface area (Å²) < 4.78 is 13.3. The van der Waals surface area contributed by atoms with Crippen LogP contribution in [-0.2, 0) is 4.79 Å². The Balaban J connectivity index is 1.53. The number of hydrogen-bond acceptors (Lipinski definition) is 6. The summed E-state index contributed by atoms with van der Waals surface area (Å²) in [6.45, 7) is 6.49. The van der Waals surface area contributed by atoms with E-state index in [1.165, 1.54) is 16.8 Å². The van der Waals surface area contributed by atoms with Crippen LogP contribution in [0.1, 0.15) is 29.6 Å². The molecule has 0 atom stereocenters. The van der Waals surface area contributed by atoms with Crippen molar-refractivity contribution < 1.29 is 13.9 Å². The van der Waals surface area contributed by atoms with E-state index in [2.05, 4.69) is 14.7 Å². The van der Waals surface area contributed by atoms with Gasteiger partial charge in [0.2, 0.25) is 5.17 Å². The quantitative estimate of drug-likeness (QED) is 0.555. The molecule has 0 radical (unpaired) electrons. The van der Waals surface area contributed by atoms with Crippen LogP contribution >= 0.6 is 11.8 Å². The second-order valence-electron chi connectivity index (χ2n) is 7.47. The monoisotopic (exact) mass is 459 g/mol. The van der Waals surface area contributed by atoms with Crippen molar-refractivity contribution in [3.8, 4) is 11.4 Å². The number of amidine groups is 2. The standard InChI is InChI=1S/C24H21N5O3S/c1-4-31-19-9-6-5-8-18(19)28-14(2)12-16(15(28)3)13-17-21(25)29-24(26-22(17)30)33-23(27-29)20-10-7-11-32-20/h5-13,25H,4H2,1-3H3/b17-13+,25-21?. The number of aromatic nitrogens is 1. The highest BCUT2D eigenvalue weighted by Crippen LogP contribution is 2.33. The van der Waals surface area contributed by atoms with Crippen molar-refractivity contribution >= 4 is 39.8 Å². The number of aryl methyl sites for hydroxylation is 1. The molecule has 5 rings (SSSR count). The lowest BCUT2D eigenvalue weighted by Gasteiger charge is -2.20. The van der Waals surface area contributed by atoms with Crippen molar-refractivity contribution in [2.45, 2.75) is 20.8 Å². The molecule has 166 valence electrons. The Kier molecular flexibility index (Phi) is 5.26. The van der Waals surface area contributed by atoms with Gasteiger partial charge in [0, 0.05) is 11.4 Å². The Morgan fingerprint density at radius 1 is 1.21 bits per heavy atom. The number of benzene rings is 1. The zero-order valence-corrected chi connectivity index (χ0v) is 19.1. The number of carbonyl (C=O) groups excluding carboxylic acids is 1. The van der Waals surface area contributed by atoms with Gasteiger partial charge in [-0.1, -0.05) is 12.1 Å². The average Bonchev–Trinajstić information content (AvgIpc) is 3.52. The van der Waals surface area contributed by atoms with Gasteiger partial charge in [-0.25, -0.2) is 0 Å². The number of rotatable bonds is 5. The maximum absolute atomic E-state index is 12.8. The van der Waals surface area contributed by atoms with E-state index in [9.17, 15) is 4.79 Å². The minimum absolute atomic E-state index is 0.0152. The molecular weight excluding hydrogens is 438 g/mol. The number of para-hydroxylation sites is 2. The number of furan rings is 1. The Bertz CT molecular complexity index is 1360. The molecule has 1 amide bonds. The summed E-state index contributed by atoms with van der Waals surface area (Å²) in [5.74, 6) is 0.873. The van der Waals surface area contributed by atoms with Crippen LogP contribution in [0.4, 0.5) is 0 Å². The first-order chi connectivity index (χ1) is 16.0. The number of fused-ring (bicyclic) bond motifs is 1. The van der Waals surface area contributed by atoms with Crippen molar-refractivity contribution in [3.63, 3.8) is 0 Å². The summed E-state index contributed by atoms with van der Waals surface area (Å²) in [6.07, 6.45) is 3.26. The molecule has 1 aromatic carbocycles. The van der Waals surface area contributed by atoms with E-state index >= 15 is 0 Å². The van der Waals surface area contributed by atoms with Crippen molar-refractivity contribution in [2.75, 3.05) is 6.61 Å². The van der Waals surface area contributed by atoms with Crippen LogP contribution in [0, 0.1) is 19.3 Å². The number of nitrogens with zero attached hydrogens (tertiary/aromatic N) is 4. The fourth-order valence-electron chi connectivity index (χ4n) is 3.87. The van der Waals surface area contributed by atoms with Gasteiger partial charge in [-0.2, -0.15) is 15.1 Å². The number of ether oxygens (including phenoxy) is 1. The number of hydrazone groups is 1. The Hall–Kier alpha value is -3.85. The van der Waals surface area contributed by atoms with Gasteiger partial charge in [0.05, 0.1) is 24.1 Å². The van der Waals surface area contributed by atoms with Crippen LogP contribution in [-0.4, -0.2) is 38.1 Å². The second kappa shape index (κ2) is 8.25. The number of aliphatic imine (C=N–C) groups is 1. The van der Waals surface area contributed by atoms with Crippen molar-refractivity contribution in [1.29, 1.82) is 5.41 Å². The summed E-state index contributed by atoms with van der Waals surface area (Å²) >= 11 is 1.21. The Morgan fingerprint density at radius 3 is 2.79 bits per heavy atom. The molecule has 2 aliphatic rings. The minimum atomic E-state index is -0.464. The molecule has 0 saturated heterocycles. The number of nitrogens with one attached hydrogen (secondary N) is 1. The molecule has 0 aliphatic carbocycles. The van der Waals surface area contributed by atoms with Gasteiger partial charge in [-0.15, -0.1) is 0 Å². The van der Waals surface area contributed by atoms with Crippen LogP contribution in [0.15, 0.2) is 68.8 Å². The molecular formula is C24H21N5O3S. The number of amides is 1. The molecule has 2 aliphatic heterocycles. The smallest absolute Gasteiger partial charge is 0.283 e. The molecule has 3 aromatic rings. The van der Waals surface area contributed by atoms with Gasteiger partial charge in [0.25, 0.3) is 5.91 Å². The van der Waals surface area contributed by atoms with Gasteiger partial charge in [-0.3, -0.25) is 10.2 Å². The molecule has 1 N–H and O–H groups in total. The van der Waals surface area contributed by atoms with Gasteiger partial charge < -0.3 is 13.7 Å². The van der Waals surface area contributed by atoms with Crippen LogP contribution in [0.2, 0.25) is 0 Å². The summed E-state index contributed by atoms with van der Waals surface area (Å²) in [7, 11) is 0. The SMILES string of the molecule is CCOc1ccccc1-n1c(C)cc(/C=C2\C(=N)N3N=C(c4ccco4)SC3=NC2=O)c1C. The fourth-order valence-corrected chi connectivity index (χ4v) is 4.73. The molecule has 0 spiro atoms. The number of hydrogen-bond donors (Lipinski definition) is 1. The third-order valence-electron chi connectivity index (χ3n) is 5.36. The minimum Gasteiger partial charge on any atom is -0.492 e. The first-order valence-electron chi connectivity index (χ1n) is 10.4. The molecule has 0 unspecified atom stereocenters. The van der Waals surface area contributed by atoms with E-state index < -0.39 is 5.91 Å². The first kappa shape index (κ1) is 21.0. The number of thioether (sulfide) groups is 1. The van der Waals surface area contributed by atoms with Crippen molar-refractivity contribution in [2.24, 2.45) is 10.1 Å². The summed E-state index contributed by atoms with van der Waals surface area (Å²) in [6, 6.07) is 13.4. The van der Waals surface area contributed by atoms with Gasteiger partial charge in [0.1, 0.15) is 5.75 Å². The van der Waals surface area contributed by atoms with E-state index in [1.54, 1.807) is 24.5 Å². The second-order valence-corrected chi connectivity index (χ2v) is 8.42. The highest BCUT2D eigenvalue weighted by Gasteiger charge is 2.37. The Morgan fingerprint density at radius 2 is 2.03 bits per heavy atom. The largest absolute Gasteiger partial charge is 0.492 e. The lowest BCUT2D eigenvalue weighted by molar-refractivity contribution is -0.114. The third-order valence-corrected chi connectivity index (χ3v) is 6.29. The summed E-state index contributed by atoms with van der Waals surface area (Å²) in [4.78, 5) is 17.0. The lowest BCUT2D eigenvalue weighted by Crippen LogP contribution is -2.35. The highest BCUT2D eigenvalue weighted by molar-refractivity contribution is 8.27. The predicted molar refractivity (Wildman–Crippen MR) is 129 cm³/mol. The maximum atomic E-state index is 12.8. The molecule has 0 bridgehead atoms. The summed E-state index contributed by atoms with van der Waals surface area (Å²) in [5, 5.41) is 15.3. The predicted octanol–water partition coefficient (Wildman–Crippen LogP) is 4.75. The van der Waals surface area contributed by atoms with Crippen LogP contribution < -0.4 is 4.74 Å². The maximum Gasteiger partial charge on any atom is 0.283 e. The molecule has 9 heteroatoms. The van der Waals surface area contributed by atoms with Gasteiger partial charge >= 0.3 is 0 Å². The zero-order chi connectivity index (χ0) is 23.1. The van der Waals surface area contributed by atoms with E-state index in [1.807, 2.05) is 51.1 Å². The molecule has 2 aromatic heterocycles. The zero-order valence-electron chi connectivity index (χ0n) is 18.3. The van der Waals surface area contributed by atoms with Crippen LogP contribution in [0.3, 0.4) is 0 Å². The number of carbonyl (C=O) groups is 1. The van der Waals surface area contributed by atoms with Gasteiger partial charge in [-0.05, 0) is 74.5 Å². The van der Waals surface area contributed by atoms with Crippen molar-refractivity contribution in [3.05, 3.63) is 77.0 Å². The molecule has 0 fully saturated rings. The molecule has 33 heavy (non-hydrogen) atoms. The van der Waals surface area contributed by atoms with E-state index in [4.69, 9.17) is 14.6 Å². The van der Waals surface area contributed by atoms with Crippen molar-refractivity contribution in [1.82, 2.24) is 9.58 Å². The Labute approximate surface area is 194 Å². The fraction of sp³-hybridized carbons (Fsp3) is 0.167. The highest BCUT2D eigenvalue weighted by atomic mass is 32.2. The first-order valence-corrected chi connectivity index (χ1v) is 11.2. The molecule has 0 saturated carbocycles. The van der Waals surface area contributed by atoms with E-state index in [0.29, 0.717) is 22.6 Å². The molecule has 8 nitrogen and oxygen atoms in total.